The molecule has 4 aromatic rings. The standard InChI is InChI=1S/C23H22N4OS/c1-3-16-9-7-8-12-19(16)26-21(28)14-27(2)22-18-13-20(17-10-5-4-6-11-17)29-23(18)25-15-24-22/h4-13,15H,3,14H2,1-2H3,(H,26,28). The van der Waals surface area contributed by atoms with Crippen LogP contribution in [0.5, 0.6) is 0 Å². The summed E-state index contributed by atoms with van der Waals surface area (Å²) < 4.78 is 0. The number of aryl methyl sites for hydroxylation is 1. The fraction of sp³-hybridized carbons (Fsp3) is 0.174. The summed E-state index contributed by atoms with van der Waals surface area (Å²) in [6.07, 6.45) is 2.43. The van der Waals surface area contributed by atoms with Crippen molar-refractivity contribution in [2.75, 3.05) is 23.8 Å². The van der Waals surface area contributed by atoms with Crippen LogP contribution in [0.25, 0.3) is 20.7 Å². The molecule has 0 unspecified atom stereocenters. The van der Waals surface area contributed by atoms with Gasteiger partial charge in [-0.05, 0) is 29.7 Å². The number of nitrogens with zero attached hydrogens (tertiary/aromatic N) is 3. The number of carbonyl (C=O) groups is 1. The molecule has 0 aliphatic rings. The van der Waals surface area contributed by atoms with E-state index in [4.69, 9.17) is 0 Å². The second kappa shape index (κ2) is 8.41. The summed E-state index contributed by atoms with van der Waals surface area (Å²) >= 11 is 1.63. The van der Waals surface area contributed by atoms with Gasteiger partial charge in [-0.2, -0.15) is 0 Å². The van der Waals surface area contributed by atoms with E-state index in [1.54, 1.807) is 17.7 Å². The monoisotopic (exact) mass is 402 g/mol. The molecule has 29 heavy (non-hydrogen) atoms. The highest BCUT2D eigenvalue weighted by molar-refractivity contribution is 7.21. The van der Waals surface area contributed by atoms with Crippen LogP contribution in [0.4, 0.5) is 11.5 Å². The van der Waals surface area contributed by atoms with Crippen molar-refractivity contribution in [3.8, 4) is 10.4 Å². The molecule has 0 atom stereocenters. The maximum atomic E-state index is 12.6. The number of para-hydroxylation sites is 1. The molecule has 146 valence electrons. The number of aromatic nitrogens is 2. The number of hydrogen-bond acceptors (Lipinski definition) is 5. The van der Waals surface area contributed by atoms with E-state index in [1.807, 2.05) is 54.4 Å². The second-order valence-corrected chi connectivity index (χ2v) is 7.84. The first-order valence-electron chi connectivity index (χ1n) is 9.54. The fourth-order valence-corrected chi connectivity index (χ4v) is 4.32. The summed E-state index contributed by atoms with van der Waals surface area (Å²) in [5, 5.41) is 3.98. The lowest BCUT2D eigenvalue weighted by molar-refractivity contribution is -0.114. The van der Waals surface area contributed by atoms with Crippen LogP contribution in [0, 0.1) is 0 Å². The summed E-state index contributed by atoms with van der Waals surface area (Å²) in [7, 11) is 1.88. The van der Waals surface area contributed by atoms with E-state index in [-0.39, 0.29) is 12.5 Å². The lowest BCUT2D eigenvalue weighted by Crippen LogP contribution is -2.31. The topological polar surface area (TPSA) is 58.1 Å². The van der Waals surface area contributed by atoms with Crippen molar-refractivity contribution in [3.05, 3.63) is 72.6 Å². The Morgan fingerprint density at radius 2 is 1.83 bits per heavy atom. The maximum absolute atomic E-state index is 12.6. The van der Waals surface area contributed by atoms with Crippen LogP contribution in [0.15, 0.2) is 67.0 Å². The van der Waals surface area contributed by atoms with Gasteiger partial charge in [-0.1, -0.05) is 55.5 Å². The zero-order valence-corrected chi connectivity index (χ0v) is 17.2. The summed E-state index contributed by atoms with van der Waals surface area (Å²) in [6, 6.07) is 20.2. The SMILES string of the molecule is CCc1ccccc1NC(=O)CN(C)c1ncnc2sc(-c3ccccc3)cc12. The molecule has 5 nitrogen and oxygen atoms in total. The van der Waals surface area contributed by atoms with Crippen LogP contribution in [0.3, 0.4) is 0 Å². The predicted molar refractivity (Wildman–Crippen MR) is 121 cm³/mol. The third-order valence-corrected chi connectivity index (χ3v) is 5.87. The number of hydrogen-bond donors (Lipinski definition) is 1. The highest BCUT2D eigenvalue weighted by atomic mass is 32.1. The van der Waals surface area contributed by atoms with E-state index in [2.05, 4.69) is 40.4 Å². The van der Waals surface area contributed by atoms with Crippen LogP contribution in [0.1, 0.15) is 12.5 Å². The molecule has 0 aliphatic carbocycles. The first-order chi connectivity index (χ1) is 14.2. The number of thiophene rings is 1. The van der Waals surface area contributed by atoms with Crippen LogP contribution in [-0.2, 0) is 11.2 Å². The summed E-state index contributed by atoms with van der Waals surface area (Å²) in [5.41, 5.74) is 3.14. The summed E-state index contributed by atoms with van der Waals surface area (Å²) in [4.78, 5) is 25.4. The molecule has 4 rings (SSSR count). The van der Waals surface area contributed by atoms with Crippen LogP contribution in [0.2, 0.25) is 0 Å². The van der Waals surface area contributed by atoms with Crippen molar-refractivity contribution >= 4 is 39.0 Å². The molecule has 2 aromatic heterocycles. The second-order valence-electron chi connectivity index (χ2n) is 6.81. The first-order valence-corrected chi connectivity index (χ1v) is 10.4. The fourth-order valence-electron chi connectivity index (χ4n) is 3.32. The molecule has 0 bridgehead atoms. The largest absolute Gasteiger partial charge is 0.350 e. The molecule has 0 spiro atoms. The number of benzene rings is 2. The molecule has 0 radical (unpaired) electrons. The molecular weight excluding hydrogens is 380 g/mol. The Balaban J connectivity index is 1.56. The lowest BCUT2D eigenvalue weighted by atomic mass is 10.1. The average molecular weight is 403 g/mol. The maximum Gasteiger partial charge on any atom is 0.243 e. The Kier molecular flexibility index (Phi) is 5.53. The van der Waals surface area contributed by atoms with Crippen molar-refractivity contribution in [3.63, 3.8) is 0 Å². The third kappa shape index (κ3) is 4.12. The molecule has 0 saturated heterocycles. The molecule has 0 saturated carbocycles. The minimum absolute atomic E-state index is 0.0707. The van der Waals surface area contributed by atoms with Crippen LogP contribution in [-0.4, -0.2) is 29.5 Å². The molecule has 0 aliphatic heterocycles. The van der Waals surface area contributed by atoms with E-state index in [9.17, 15) is 4.79 Å². The van der Waals surface area contributed by atoms with Gasteiger partial charge in [-0.15, -0.1) is 11.3 Å². The van der Waals surface area contributed by atoms with Crippen molar-refractivity contribution in [1.82, 2.24) is 9.97 Å². The predicted octanol–water partition coefficient (Wildman–Crippen LogP) is 5.00. The zero-order valence-electron chi connectivity index (χ0n) is 16.4. The molecule has 0 fully saturated rings. The van der Waals surface area contributed by atoms with E-state index in [1.165, 1.54) is 0 Å². The number of anilines is 2. The summed E-state index contributed by atoms with van der Waals surface area (Å²) in [6.45, 7) is 2.29. The van der Waals surface area contributed by atoms with Crippen molar-refractivity contribution in [2.24, 2.45) is 0 Å². The van der Waals surface area contributed by atoms with Crippen molar-refractivity contribution in [1.29, 1.82) is 0 Å². The van der Waals surface area contributed by atoms with E-state index < -0.39 is 0 Å². The van der Waals surface area contributed by atoms with E-state index in [0.29, 0.717) is 0 Å². The third-order valence-electron chi connectivity index (χ3n) is 4.78. The number of amides is 1. The van der Waals surface area contributed by atoms with Gasteiger partial charge in [0.2, 0.25) is 5.91 Å². The van der Waals surface area contributed by atoms with Gasteiger partial charge in [0.05, 0.1) is 11.9 Å². The van der Waals surface area contributed by atoms with Crippen LogP contribution >= 0.6 is 11.3 Å². The number of nitrogens with one attached hydrogen (secondary N) is 1. The minimum Gasteiger partial charge on any atom is -0.350 e. The summed E-state index contributed by atoms with van der Waals surface area (Å²) in [5.74, 6) is 0.686. The Bertz CT molecular complexity index is 1140. The van der Waals surface area contributed by atoms with Gasteiger partial charge in [0.1, 0.15) is 17.0 Å². The van der Waals surface area contributed by atoms with Gasteiger partial charge >= 0.3 is 0 Å². The van der Waals surface area contributed by atoms with Gasteiger partial charge in [0.15, 0.2) is 0 Å². The smallest absolute Gasteiger partial charge is 0.243 e. The number of likely N-dealkylation sites (N-methyl/N-ethyl adjacent to an activating group) is 1. The van der Waals surface area contributed by atoms with Crippen molar-refractivity contribution < 1.29 is 4.79 Å². The first kappa shape index (κ1) is 19.1. The Morgan fingerprint density at radius 3 is 2.62 bits per heavy atom. The number of rotatable bonds is 6. The normalized spacial score (nSPS) is 10.8. The number of fused-ring (bicyclic) bond motifs is 1. The van der Waals surface area contributed by atoms with E-state index >= 15 is 0 Å². The van der Waals surface area contributed by atoms with Gasteiger partial charge in [-0.25, -0.2) is 9.97 Å². The minimum atomic E-state index is -0.0707. The molecule has 2 heterocycles. The van der Waals surface area contributed by atoms with Crippen LogP contribution < -0.4 is 10.2 Å². The van der Waals surface area contributed by atoms with Gasteiger partial charge in [0, 0.05) is 17.6 Å². The Hall–Kier alpha value is -3.25. The Morgan fingerprint density at radius 1 is 1.07 bits per heavy atom. The molecule has 2 aromatic carbocycles. The zero-order chi connectivity index (χ0) is 20.2. The Labute approximate surface area is 174 Å². The highest BCUT2D eigenvalue weighted by Gasteiger charge is 2.16. The van der Waals surface area contributed by atoms with Gasteiger partial charge < -0.3 is 10.2 Å². The molecular formula is C23H22N4OS. The lowest BCUT2D eigenvalue weighted by Gasteiger charge is -2.19. The number of carbonyl (C=O) groups excluding carboxylic acids is 1. The van der Waals surface area contributed by atoms with Crippen molar-refractivity contribution in [2.45, 2.75) is 13.3 Å². The average Bonchev–Trinajstić information content (AvgIpc) is 3.19. The van der Waals surface area contributed by atoms with E-state index in [0.717, 1.165) is 44.1 Å². The van der Waals surface area contributed by atoms with Gasteiger partial charge in [-0.3, -0.25) is 4.79 Å². The molecule has 6 heteroatoms. The van der Waals surface area contributed by atoms with Gasteiger partial charge in [0.25, 0.3) is 0 Å². The quantitative estimate of drug-likeness (QED) is 0.493. The molecule has 1 N–H and O–H groups in total. The molecule has 1 amide bonds. The highest BCUT2D eigenvalue weighted by Crippen LogP contribution is 2.35.